The molecular formula is C20H31NO5. The minimum Gasteiger partial charge on any atom is -0.496 e. The van der Waals surface area contributed by atoms with E-state index in [0.29, 0.717) is 24.3 Å². The Balaban J connectivity index is 2.32. The number of methoxy groups -OCH3 is 3. The van der Waals surface area contributed by atoms with Gasteiger partial charge in [-0.1, -0.05) is 19.8 Å². The van der Waals surface area contributed by atoms with Gasteiger partial charge in [0, 0.05) is 17.7 Å². The lowest BCUT2D eigenvalue weighted by molar-refractivity contribution is -0.143. The van der Waals surface area contributed by atoms with Gasteiger partial charge >= 0.3 is 5.97 Å². The van der Waals surface area contributed by atoms with Gasteiger partial charge in [-0.2, -0.15) is 0 Å². The first kappa shape index (κ1) is 20.4. The lowest BCUT2D eigenvalue weighted by Crippen LogP contribution is -2.39. The van der Waals surface area contributed by atoms with Gasteiger partial charge in [0.05, 0.1) is 27.2 Å². The Bertz CT molecular complexity index is 596. The standard InChI is InChI=1S/C20H31NO5/c1-5-6-7-16(21-10-8-14(9-11-21)20(22)23)15-12-18(25-3)19(26-4)13-17(15)24-2/h12-14,16H,5-11H2,1-4H3,(H,22,23). The second-order valence-corrected chi connectivity index (χ2v) is 6.76. The normalized spacial score (nSPS) is 16.9. The number of hydrogen-bond acceptors (Lipinski definition) is 5. The number of benzene rings is 1. The first-order valence-corrected chi connectivity index (χ1v) is 9.32. The van der Waals surface area contributed by atoms with Crippen LogP contribution in [0.3, 0.4) is 0 Å². The molecule has 26 heavy (non-hydrogen) atoms. The number of carboxylic acids is 1. The average molecular weight is 365 g/mol. The number of likely N-dealkylation sites (tertiary alicyclic amines) is 1. The van der Waals surface area contributed by atoms with Gasteiger partial charge < -0.3 is 19.3 Å². The summed E-state index contributed by atoms with van der Waals surface area (Å²) in [6, 6.07) is 4.05. The molecule has 1 atom stereocenters. The van der Waals surface area contributed by atoms with Crippen molar-refractivity contribution in [2.24, 2.45) is 5.92 Å². The van der Waals surface area contributed by atoms with E-state index in [9.17, 15) is 9.90 Å². The van der Waals surface area contributed by atoms with Crippen LogP contribution in [-0.2, 0) is 4.79 Å². The molecule has 1 N–H and O–H groups in total. The van der Waals surface area contributed by atoms with Gasteiger partial charge in [0.2, 0.25) is 0 Å². The van der Waals surface area contributed by atoms with E-state index in [2.05, 4.69) is 11.8 Å². The molecule has 1 aliphatic rings. The molecule has 146 valence electrons. The molecule has 6 heteroatoms. The number of carbonyl (C=O) groups is 1. The van der Waals surface area contributed by atoms with Crippen molar-refractivity contribution in [3.8, 4) is 17.2 Å². The molecule has 0 aromatic heterocycles. The Kier molecular flexibility index (Phi) is 7.57. The Morgan fingerprint density at radius 1 is 1.12 bits per heavy atom. The summed E-state index contributed by atoms with van der Waals surface area (Å²) in [5.74, 6) is 1.20. The first-order chi connectivity index (χ1) is 12.5. The van der Waals surface area contributed by atoms with Crippen LogP contribution in [0.5, 0.6) is 17.2 Å². The molecule has 1 saturated heterocycles. The molecule has 1 aromatic carbocycles. The topological polar surface area (TPSA) is 68.2 Å². The third kappa shape index (κ3) is 4.61. The molecule has 1 aromatic rings. The van der Waals surface area contributed by atoms with Crippen LogP contribution in [0.15, 0.2) is 12.1 Å². The molecule has 1 unspecified atom stereocenters. The SMILES string of the molecule is CCCCC(c1cc(OC)c(OC)cc1OC)N1CCC(C(=O)O)CC1. The summed E-state index contributed by atoms with van der Waals surface area (Å²) in [5.41, 5.74) is 1.08. The summed E-state index contributed by atoms with van der Waals surface area (Å²) in [7, 11) is 4.91. The zero-order valence-corrected chi connectivity index (χ0v) is 16.3. The molecule has 0 saturated carbocycles. The zero-order valence-electron chi connectivity index (χ0n) is 16.3. The molecular weight excluding hydrogens is 334 g/mol. The largest absolute Gasteiger partial charge is 0.496 e. The Morgan fingerprint density at radius 3 is 2.19 bits per heavy atom. The zero-order chi connectivity index (χ0) is 19.1. The summed E-state index contributed by atoms with van der Waals surface area (Å²) < 4.78 is 16.5. The minimum absolute atomic E-state index is 0.180. The van der Waals surface area contributed by atoms with Crippen molar-refractivity contribution >= 4 is 5.97 Å². The van der Waals surface area contributed by atoms with Crippen LogP contribution in [0.2, 0.25) is 0 Å². The quantitative estimate of drug-likeness (QED) is 0.719. The van der Waals surface area contributed by atoms with E-state index in [-0.39, 0.29) is 12.0 Å². The van der Waals surface area contributed by atoms with Gasteiger partial charge in [-0.25, -0.2) is 0 Å². The van der Waals surface area contributed by atoms with Crippen LogP contribution in [0.25, 0.3) is 0 Å². The molecule has 0 bridgehead atoms. The fourth-order valence-electron chi connectivity index (χ4n) is 3.70. The molecule has 2 rings (SSSR count). The first-order valence-electron chi connectivity index (χ1n) is 9.32. The van der Waals surface area contributed by atoms with Gasteiger partial charge in [-0.15, -0.1) is 0 Å². The number of rotatable bonds is 9. The van der Waals surface area contributed by atoms with Crippen LogP contribution >= 0.6 is 0 Å². The molecule has 6 nitrogen and oxygen atoms in total. The summed E-state index contributed by atoms with van der Waals surface area (Å²) in [5, 5.41) is 9.26. The van der Waals surface area contributed by atoms with E-state index in [1.165, 1.54) is 0 Å². The van der Waals surface area contributed by atoms with E-state index in [1.54, 1.807) is 21.3 Å². The predicted molar refractivity (Wildman–Crippen MR) is 100 cm³/mol. The van der Waals surface area contributed by atoms with Crippen molar-refractivity contribution in [1.29, 1.82) is 0 Å². The number of aliphatic carboxylic acids is 1. The summed E-state index contributed by atoms with van der Waals surface area (Å²) in [6.45, 7) is 3.74. The van der Waals surface area contributed by atoms with E-state index < -0.39 is 5.97 Å². The smallest absolute Gasteiger partial charge is 0.306 e. The van der Waals surface area contributed by atoms with Crippen molar-refractivity contribution in [2.75, 3.05) is 34.4 Å². The Labute approximate surface area is 156 Å². The number of carboxylic acid groups (broad SMARTS) is 1. The number of hydrogen-bond donors (Lipinski definition) is 1. The Morgan fingerprint density at radius 2 is 1.69 bits per heavy atom. The fraction of sp³-hybridized carbons (Fsp3) is 0.650. The van der Waals surface area contributed by atoms with Crippen LogP contribution < -0.4 is 14.2 Å². The van der Waals surface area contributed by atoms with E-state index in [0.717, 1.165) is 43.7 Å². The lowest BCUT2D eigenvalue weighted by atomic mass is 9.92. The monoisotopic (exact) mass is 365 g/mol. The van der Waals surface area contributed by atoms with E-state index >= 15 is 0 Å². The second kappa shape index (κ2) is 9.67. The minimum atomic E-state index is -0.682. The highest BCUT2D eigenvalue weighted by Gasteiger charge is 2.31. The highest BCUT2D eigenvalue weighted by Crippen LogP contribution is 2.41. The van der Waals surface area contributed by atoms with Gasteiger partial charge in [-0.3, -0.25) is 9.69 Å². The van der Waals surface area contributed by atoms with E-state index in [4.69, 9.17) is 14.2 Å². The fourth-order valence-corrected chi connectivity index (χ4v) is 3.70. The van der Waals surface area contributed by atoms with Crippen molar-refractivity contribution in [3.05, 3.63) is 17.7 Å². The van der Waals surface area contributed by atoms with Crippen molar-refractivity contribution in [1.82, 2.24) is 4.90 Å². The molecule has 1 aliphatic heterocycles. The summed E-state index contributed by atoms with van der Waals surface area (Å²) >= 11 is 0. The van der Waals surface area contributed by atoms with Gasteiger partial charge in [0.15, 0.2) is 11.5 Å². The van der Waals surface area contributed by atoms with Crippen LogP contribution in [0.1, 0.15) is 50.6 Å². The summed E-state index contributed by atoms with van der Waals surface area (Å²) in [6.07, 6.45) is 4.58. The third-order valence-electron chi connectivity index (χ3n) is 5.25. The predicted octanol–water partition coefficient (Wildman–Crippen LogP) is 3.74. The highest BCUT2D eigenvalue weighted by atomic mass is 16.5. The molecule has 1 fully saturated rings. The van der Waals surface area contributed by atoms with Crippen LogP contribution in [0.4, 0.5) is 0 Å². The summed E-state index contributed by atoms with van der Waals surface area (Å²) in [4.78, 5) is 13.6. The number of unbranched alkanes of at least 4 members (excludes halogenated alkanes) is 1. The van der Waals surface area contributed by atoms with Crippen molar-refractivity contribution in [2.45, 2.75) is 45.1 Å². The average Bonchev–Trinajstić information content (AvgIpc) is 2.67. The van der Waals surface area contributed by atoms with Crippen molar-refractivity contribution in [3.63, 3.8) is 0 Å². The van der Waals surface area contributed by atoms with Gasteiger partial charge in [0.1, 0.15) is 5.75 Å². The van der Waals surface area contributed by atoms with Crippen LogP contribution in [-0.4, -0.2) is 50.4 Å². The highest BCUT2D eigenvalue weighted by molar-refractivity contribution is 5.70. The van der Waals surface area contributed by atoms with Crippen LogP contribution in [0, 0.1) is 5.92 Å². The lowest BCUT2D eigenvalue weighted by Gasteiger charge is -2.37. The molecule has 1 heterocycles. The number of ether oxygens (including phenoxy) is 3. The number of piperidine rings is 1. The molecule has 0 aliphatic carbocycles. The molecule has 0 amide bonds. The third-order valence-corrected chi connectivity index (χ3v) is 5.25. The van der Waals surface area contributed by atoms with E-state index in [1.807, 2.05) is 12.1 Å². The van der Waals surface area contributed by atoms with Gasteiger partial charge in [-0.05, 0) is 38.4 Å². The maximum atomic E-state index is 11.3. The Hall–Kier alpha value is -1.95. The maximum Gasteiger partial charge on any atom is 0.306 e. The second-order valence-electron chi connectivity index (χ2n) is 6.76. The number of nitrogens with zero attached hydrogens (tertiary/aromatic N) is 1. The molecule has 0 radical (unpaired) electrons. The van der Waals surface area contributed by atoms with Gasteiger partial charge in [0.25, 0.3) is 0 Å². The maximum absolute atomic E-state index is 11.3. The molecule has 0 spiro atoms. The van der Waals surface area contributed by atoms with Crippen molar-refractivity contribution < 1.29 is 24.1 Å².